The molecule has 0 bridgehead atoms. The highest BCUT2D eigenvalue weighted by Crippen LogP contribution is 2.26. The van der Waals surface area contributed by atoms with Gasteiger partial charge in [0, 0.05) is 5.70 Å². The highest BCUT2D eigenvalue weighted by atomic mass is 16.6. The third-order valence-electron chi connectivity index (χ3n) is 4.97. The summed E-state index contributed by atoms with van der Waals surface area (Å²) < 4.78 is 4.98. The van der Waals surface area contributed by atoms with Crippen molar-refractivity contribution in [2.75, 3.05) is 0 Å². The number of carbonyl (C=O) groups is 1. The zero-order valence-corrected chi connectivity index (χ0v) is 15.3. The topological polar surface area (TPSA) is 38.3 Å². The first-order valence-electron chi connectivity index (χ1n) is 9.16. The average molecular weight is 329 g/mol. The first-order valence-corrected chi connectivity index (χ1v) is 9.16. The van der Waals surface area contributed by atoms with Crippen LogP contribution in [-0.4, -0.2) is 18.1 Å². The third-order valence-corrected chi connectivity index (χ3v) is 4.97. The van der Waals surface area contributed by atoms with Crippen molar-refractivity contribution < 1.29 is 9.53 Å². The summed E-state index contributed by atoms with van der Waals surface area (Å²) in [5.41, 5.74) is 2.38. The maximum atomic E-state index is 11.4. The van der Waals surface area contributed by atoms with E-state index in [4.69, 9.17) is 4.74 Å². The number of unbranched alkanes of at least 4 members (excludes halogenated alkanes) is 1. The highest BCUT2D eigenvalue weighted by molar-refractivity contribution is 5.82. The van der Waals surface area contributed by atoms with Crippen LogP contribution >= 0.6 is 0 Å². The van der Waals surface area contributed by atoms with Gasteiger partial charge in [-0.05, 0) is 50.0 Å². The van der Waals surface area contributed by atoms with Gasteiger partial charge in [-0.25, -0.2) is 4.79 Å². The van der Waals surface area contributed by atoms with Gasteiger partial charge in [-0.2, -0.15) is 0 Å². The SMILES string of the molecule is C=C(CC(CCCCc1ccccc1)C(C)C)NC1C(=O)OC1C. The molecule has 0 saturated carbocycles. The largest absolute Gasteiger partial charge is 0.458 e. The van der Waals surface area contributed by atoms with Crippen molar-refractivity contribution in [3.05, 3.63) is 48.2 Å². The van der Waals surface area contributed by atoms with E-state index in [1.807, 2.05) is 6.92 Å². The fourth-order valence-corrected chi connectivity index (χ4v) is 3.27. The number of esters is 1. The molecule has 3 atom stereocenters. The number of nitrogens with one attached hydrogen (secondary N) is 1. The Balaban J connectivity index is 1.71. The van der Waals surface area contributed by atoms with Crippen LogP contribution in [0.15, 0.2) is 42.6 Å². The van der Waals surface area contributed by atoms with Gasteiger partial charge >= 0.3 is 5.97 Å². The molecule has 0 radical (unpaired) electrons. The van der Waals surface area contributed by atoms with Crippen LogP contribution in [0.3, 0.4) is 0 Å². The van der Waals surface area contributed by atoms with Gasteiger partial charge in [0.15, 0.2) is 6.04 Å². The normalized spacial score (nSPS) is 21.1. The predicted molar refractivity (Wildman–Crippen MR) is 98.6 cm³/mol. The number of rotatable bonds is 10. The van der Waals surface area contributed by atoms with Crippen LogP contribution < -0.4 is 5.32 Å². The maximum absolute atomic E-state index is 11.4. The Labute approximate surface area is 146 Å². The number of allylic oxidation sites excluding steroid dienone is 1. The molecule has 0 spiro atoms. The van der Waals surface area contributed by atoms with E-state index in [1.54, 1.807) is 0 Å². The lowest BCUT2D eigenvalue weighted by atomic mass is 9.86. The van der Waals surface area contributed by atoms with Gasteiger partial charge in [0.1, 0.15) is 6.10 Å². The van der Waals surface area contributed by atoms with Crippen LogP contribution in [0.2, 0.25) is 0 Å². The number of hydrogen-bond donors (Lipinski definition) is 1. The zero-order valence-electron chi connectivity index (χ0n) is 15.3. The Hall–Kier alpha value is -1.77. The van der Waals surface area contributed by atoms with Gasteiger partial charge in [-0.1, -0.05) is 57.2 Å². The van der Waals surface area contributed by atoms with Gasteiger partial charge < -0.3 is 10.1 Å². The van der Waals surface area contributed by atoms with E-state index in [9.17, 15) is 4.79 Å². The lowest BCUT2D eigenvalue weighted by Crippen LogP contribution is -2.56. The molecule has 1 fully saturated rings. The maximum Gasteiger partial charge on any atom is 0.332 e. The van der Waals surface area contributed by atoms with Crippen molar-refractivity contribution in [1.82, 2.24) is 5.32 Å². The quantitative estimate of drug-likeness (QED) is 0.508. The first kappa shape index (κ1) is 18.6. The van der Waals surface area contributed by atoms with E-state index in [2.05, 4.69) is 56.1 Å². The van der Waals surface area contributed by atoms with Crippen molar-refractivity contribution in [2.24, 2.45) is 11.8 Å². The molecule has 0 amide bonds. The molecule has 0 aromatic heterocycles. The molecule has 132 valence electrons. The summed E-state index contributed by atoms with van der Waals surface area (Å²) in [7, 11) is 0. The molecule has 2 rings (SSSR count). The van der Waals surface area contributed by atoms with Crippen LogP contribution in [0, 0.1) is 11.8 Å². The Morgan fingerprint density at radius 2 is 1.96 bits per heavy atom. The number of ether oxygens (including phenoxy) is 1. The molecule has 3 unspecified atom stereocenters. The smallest absolute Gasteiger partial charge is 0.332 e. The molecule has 3 heteroatoms. The van der Waals surface area contributed by atoms with Crippen molar-refractivity contribution in [3.63, 3.8) is 0 Å². The summed E-state index contributed by atoms with van der Waals surface area (Å²) in [5.74, 6) is 1.06. The lowest BCUT2D eigenvalue weighted by Gasteiger charge is -2.35. The van der Waals surface area contributed by atoms with Crippen molar-refractivity contribution >= 4 is 5.97 Å². The summed E-state index contributed by atoms with van der Waals surface area (Å²) in [6.45, 7) is 10.6. The minimum absolute atomic E-state index is 0.0439. The summed E-state index contributed by atoms with van der Waals surface area (Å²) >= 11 is 0. The molecule has 1 aliphatic rings. The van der Waals surface area contributed by atoms with E-state index < -0.39 is 0 Å². The molecule has 3 nitrogen and oxygen atoms in total. The summed E-state index contributed by atoms with van der Waals surface area (Å²) in [6, 6.07) is 10.5. The second-order valence-electron chi connectivity index (χ2n) is 7.31. The summed E-state index contributed by atoms with van der Waals surface area (Å²) in [6.07, 6.45) is 5.69. The predicted octanol–water partition coefficient (Wildman–Crippen LogP) is 4.48. The van der Waals surface area contributed by atoms with Crippen molar-refractivity contribution in [1.29, 1.82) is 0 Å². The fourth-order valence-electron chi connectivity index (χ4n) is 3.27. The van der Waals surface area contributed by atoms with Gasteiger partial charge in [0.05, 0.1) is 0 Å². The van der Waals surface area contributed by atoms with Gasteiger partial charge in [0.25, 0.3) is 0 Å². The molecule has 1 saturated heterocycles. The second-order valence-corrected chi connectivity index (χ2v) is 7.31. The van der Waals surface area contributed by atoms with Crippen LogP contribution in [0.25, 0.3) is 0 Å². The number of cyclic esters (lactones) is 1. The average Bonchev–Trinajstić information content (AvgIpc) is 2.56. The second kappa shape index (κ2) is 8.91. The minimum Gasteiger partial charge on any atom is -0.458 e. The fraction of sp³-hybridized carbons (Fsp3) is 0.571. The van der Waals surface area contributed by atoms with Crippen LogP contribution in [0.4, 0.5) is 0 Å². The Bertz CT molecular complexity index is 538. The molecular weight excluding hydrogens is 298 g/mol. The summed E-state index contributed by atoms with van der Waals surface area (Å²) in [4.78, 5) is 11.4. The molecule has 1 aliphatic heterocycles. The Morgan fingerprint density at radius 3 is 2.54 bits per heavy atom. The summed E-state index contributed by atoms with van der Waals surface area (Å²) in [5, 5.41) is 3.25. The molecular formula is C21H31NO2. The lowest BCUT2D eigenvalue weighted by molar-refractivity contribution is -0.174. The van der Waals surface area contributed by atoms with E-state index in [-0.39, 0.29) is 18.1 Å². The highest BCUT2D eigenvalue weighted by Gasteiger charge is 2.39. The van der Waals surface area contributed by atoms with Gasteiger partial charge in [-0.15, -0.1) is 0 Å². The molecule has 24 heavy (non-hydrogen) atoms. The third kappa shape index (κ3) is 5.40. The Morgan fingerprint density at radius 1 is 1.25 bits per heavy atom. The molecule has 1 N–H and O–H groups in total. The number of aryl methyl sites for hydroxylation is 1. The monoisotopic (exact) mass is 329 g/mol. The van der Waals surface area contributed by atoms with Crippen LogP contribution in [0.1, 0.15) is 52.0 Å². The first-order chi connectivity index (χ1) is 11.5. The number of hydrogen-bond acceptors (Lipinski definition) is 3. The zero-order chi connectivity index (χ0) is 17.5. The standard InChI is InChI=1S/C21H31NO2/c1-15(2)19(13-9-8-12-18-10-6-5-7-11-18)14-16(3)22-20-17(4)24-21(20)23/h5-7,10-11,15,17,19-20,22H,3,8-9,12-14H2,1-2,4H3. The van der Waals surface area contributed by atoms with E-state index >= 15 is 0 Å². The molecule has 0 aliphatic carbocycles. The number of benzene rings is 1. The molecule has 1 aromatic rings. The van der Waals surface area contributed by atoms with Gasteiger partial charge in [0.2, 0.25) is 0 Å². The molecule has 1 aromatic carbocycles. The molecule has 1 heterocycles. The van der Waals surface area contributed by atoms with Gasteiger partial charge in [-0.3, -0.25) is 0 Å². The van der Waals surface area contributed by atoms with Crippen LogP contribution in [-0.2, 0) is 16.0 Å². The van der Waals surface area contributed by atoms with Crippen molar-refractivity contribution in [2.45, 2.75) is 65.0 Å². The number of carbonyl (C=O) groups excluding carboxylic acids is 1. The van der Waals surface area contributed by atoms with E-state index in [1.165, 1.54) is 24.8 Å². The van der Waals surface area contributed by atoms with E-state index in [0.29, 0.717) is 11.8 Å². The van der Waals surface area contributed by atoms with Crippen LogP contribution in [0.5, 0.6) is 0 Å². The van der Waals surface area contributed by atoms with E-state index in [0.717, 1.165) is 18.5 Å². The van der Waals surface area contributed by atoms with Crippen molar-refractivity contribution in [3.8, 4) is 0 Å². The Kier molecular flexibility index (Phi) is 6.89. The minimum atomic E-state index is -0.205.